The van der Waals surface area contributed by atoms with Crippen LogP contribution in [-0.2, 0) is 4.79 Å². The van der Waals surface area contributed by atoms with Crippen LogP contribution in [0, 0.1) is 11.3 Å². The van der Waals surface area contributed by atoms with Crippen molar-refractivity contribution in [2.45, 2.75) is 44.1 Å². The molecule has 1 aliphatic carbocycles. The Balaban J connectivity index is 2.30. The maximum atomic E-state index is 11.2. The van der Waals surface area contributed by atoms with Gasteiger partial charge in [0.15, 0.2) is 0 Å². The van der Waals surface area contributed by atoms with Crippen molar-refractivity contribution in [2.75, 3.05) is 5.32 Å². The Bertz CT molecular complexity index is 545. The van der Waals surface area contributed by atoms with Gasteiger partial charge in [-0.1, -0.05) is 30.9 Å². The van der Waals surface area contributed by atoms with Gasteiger partial charge in [0, 0.05) is 10.6 Å². The fraction of sp³-hybridized carbons (Fsp3) is 0.467. The zero-order valence-corrected chi connectivity index (χ0v) is 11.9. The third kappa shape index (κ3) is 3.43. The summed E-state index contributed by atoms with van der Waals surface area (Å²) < 4.78 is 0. The molecule has 0 unspecified atom stereocenters. The minimum Gasteiger partial charge on any atom is -0.481 e. The van der Waals surface area contributed by atoms with Gasteiger partial charge in [-0.05, 0) is 31.0 Å². The number of nitrogens with one attached hydrogen (secondary N) is 1. The molecule has 106 valence electrons. The summed E-state index contributed by atoms with van der Waals surface area (Å²) in [6.07, 6.45) is 4.80. The summed E-state index contributed by atoms with van der Waals surface area (Å²) in [5.41, 5.74) is 0.647. The normalized spacial score (nSPS) is 17.2. The molecule has 5 heteroatoms. The summed E-state index contributed by atoms with van der Waals surface area (Å²) in [5, 5.41) is 22.1. The maximum Gasteiger partial charge on any atom is 0.305 e. The number of aliphatic carboxylic acids is 1. The first-order chi connectivity index (χ1) is 9.54. The van der Waals surface area contributed by atoms with E-state index in [0.29, 0.717) is 16.3 Å². The van der Waals surface area contributed by atoms with Gasteiger partial charge >= 0.3 is 5.97 Å². The first kappa shape index (κ1) is 14.7. The van der Waals surface area contributed by atoms with E-state index in [1.807, 2.05) is 0 Å². The Morgan fingerprint density at radius 3 is 2.70 bits per heavy atom. The second-order valence-corrected chi connectivity index (χ2v) is 5.77. The van der Waals surface area contributed by atoms with Crippen molar-refractivity contribution >= 4 is 23.3 Å². The van der Waals surface area contributed by atoms with E-state index in [1.165, 1.54) is 0 Å². The fourth-order valence-corrected chi connectivity index (χ4v) is 3.04. The number of carbonyl (C=O) groups is 1. The minimum atomic E-state index is -0.820. The average Bonchev–Trinajstić information content (AvgIpc) is 2.39. The monoisotopic (exact) mass is 292 g/mol. The lowest BCUT2D eigenvalue weighted by Crippen LogP contribution is -2.42. The van der Waals surface area contributed by atoms with Crippen LogP contribution in [0.4, 0.5) is 5.69 Å². The second kappa shape index (κ2) is 6.15. The van der Waals surface area contributed by atoms with E-state index in [1.54, 1.807) is 18.2 Å². The molecule has 0 saturated heterocycles. The number of hydrogen-bond donors (Lipinski definition) is 2. The number of carboxylic acid groups (broad SMARTS) is 1. The van der Waals surface area contributed by atoms with Crippen molar-refractivity contribution in [3.63, 3.8) is 0 Å². The van der Waals surface area contributed by atoms with E-state index in [0.717, 1.165) is 32.1 Å². The molecule has 2 N–H and O–H groups in total. The van der Waals surface area contributed by atoms with Crippen molar-refractivity contribution in [1.82, 2.24) is 0 Å². The number of carboxylic acids is 1. The van der Waals surface area contributed by atoms with Crippen molar-refractivity contribution in [2.24, 2.45) is 0 Å². The molecule has 0 atom stereocenters. The number of anilines is 1. The van der Waals surface area contributed by atoms with Gasteiger partial charge in [-0.3, -0.25) is 4.79 Å². The first-order valence-electron chi connectivity index (χ1n) is 6.74. The molecule has 1 aromatic carbocycles. The van der Waals surface area contributed by atoms with E-state index in [2.05, 4.69) is 11.4 Å². The predicted molar refractivity (Wildman–Crippen MR) is 77.9 cm³/mol. The highest BCUT2D eigenvalue weighted by atomic mass is 35.5. The molecule has 2 rings (SSSR count). The first-order valence-corrected chi connectivity index (χ1v) is 7.12. The highest BCUT2D eigenvalue weighted by Crippen LogP contribution is 2.36. The lowest BCUT2D eigenvalue weighted by atomic mass is 9.79. The van der Waals surface area contributed by atoms with Crippen molar-refractivity contribution in [1.29, 1.82) is 5.26 Å². The van der Waals surface area contributed by atoms with Crippen molar-refractivity contribution < 1.29 is 9.90 Å². The Morgan fingerprint density at radius 2 is 2.10 bits per heavy atom. The molecule has 4 nitrogen and oxygen atoms in total. The molecule has 0 heterocycles. The smallest absolute Gasteiger partial charge is 0.305 e. The van der Waals surface area contributed by atoms with Crippen LogP contribution in [0.5, 0.6) is 0 Å². The highest BCUT2D eigenvalue weighted by molar-refractivity contribution is 6.30. The molecular weight excluding hydrogens is 276 g/mol. The lowest BCUT2D eigenvalue weighted by Gasteiger charge is -2.38. The number of rotatable bonds is 4. The zero-order valence-electron chi connectivity index (χ0n) is 11.2. The van der Waals surface area contributed by atoms with Crippen LogP contribution in [0.1, 0.15) is 44.1 Å². The molecule has 0 aliphatic heterocycles. The molecule has 0 bridgehead atoms. The molecule has 0 spiro atoms. The zero-order chi connectivity index (χ0) is 14.6. The summed E-state index contributed by atoms with van der Waals surface area (Å²) in [6.45, 7) is 0. The Morgan fingerprint density at radius 1 is 1.40 bits per heavy atom. The van der Waals surface area contributed by atoms with Gasteiger partial charge in [0.1, 0.15) is 6.07 Å². The predicted octanol–water partition coefficient (Wildman–Crippen LogP) is 3.80. The molecule has 1 fully saturated rings. The van der Waals surface area contributed by atoms with E-state index in [9.17, 15) is 4.79 Å². The van der Waals surface area contributed by atoms with Crippen LogP contribution < -0.4 is 5.32 Å². The van der Waals surface area contributed by atoms with Gasteiger partial charge < -0.3 is 10.4 Å². The van der Waals surface area contributed by atoms with Gasteiger partial charge in [0.25, 0.3) is 0 Å². The molecule has 0 aromatic heterocycles. The quantitative estimate of drug-likeness (QED) is 0.885. The maximum absolute atomic E-state index is 11.2. The van der Waals surface area contributed by atoms with Crippen molar-refractivity contribution in [3.05, 3.63) is 28.8 Å². The lowest BCUT2D eigenvalue weighted by molar-refractivity contribution is -0.138. The van der Waals surface area contributed by atoms with E-state index >= 15 is 0 Å². The Hall–Kier alpha value is -1.73. The number of nitriles is 1. The Kier molecular flexibility index (Phi) is 4.51. The third-order valence-corrected chi connectivity index (χ3v) is 4.04. The molecule has 20 heavy (non-hydrogen) atoms. The molecule has 0 amide bonds. The number of hydrogen-bond acceptors (Lipinski definition) is 3. The van der Waals surface area contributed by atoms with Crippen LogP contribution in [0.3, 0.4) is 0 Å². The Labute approximate surface area is 123 Å². The SMILES string of the molecule is N#Cc1ccc(Cl)cc1NC1(CC(=O)O)CCCCC1. The topological polar surface area (TPSA) is 73.1 Å². The fourth-order valence-electron chi connectivity index (χ4n) is 2.87. The second-order valence-electron chi connectivity index (χ2n) is 5.34. The van der Waals surface area contributed by atoms with Crippen LogP contribution in [0.2, 0.25) is 5.02 Å². The molecule has 0 radical (unpaired) electrons. The molecule has 1 aromatic rings. The van der Waals surface area contributed by atoms with Gasteiger partial charge in [0.2, 0.25) is 0 Å². The summed E-state index contributed by atoms with van der Waals surface area (Å²) in [4.78, 5) is 11.2. The van der Waals surface area contributed by atoms with Crippen LogP contribution >= 0.6 is 11.6 Å². The summed E-state index contributed by atoms with van der Waals surface area (Å²) in [5.74, 6) is -0.820. The van der Waals surface area contributed by atoms with Crippen LogP contribution in [-0.4, -0.2) is 16.6 Å². The van der Waals surface area contributed by atoms with Crippen LogP contribution in [0.15, 0.2) is 18.2 Å². The van der Waals surface area contributed by atoms with E-state index < -0.39 is 11.5 Å². The molecule has 1 saturated carbocycles. The van der Waals surface area contributed by atoms with Crippen LogP contribution in [0.25, 0.3) is 0 Å². The highest BCUT2D eigenvalue weighted by Gasteiger charge is 2.34. The summed E-state index contributed by atoms with van der Waals surface area (Å²) in [6, 6.07) is 7.12. The van der Waals surface area contributed by atoms with Crippen molar-refractivity contribution in [3.8, 4) is 6.07 Å². The standard InChI is InChI=1S/C15H17ClN2O2/c16-12-5-4-11(10-17)13(8-12)18-15(9-14(19)20)6-2-1-3-7-15/h4-5,8,18H,1-3,6-7,9H2,(H,19,20). The van der Waals surface area contributed by atoms with Gasteiger partial charge in [0.05, 0.1) is 17.7 Å². The number of benzene rings is 1. The number of halogens is 1. The van der Waals surface area contributed by atoms with Gasteiger partial charge in [-0.15, -0.1) is 0 Å². The van der Waals surface area contributed by atoms with Gasteiger partial charge in [-0.2, -0.15) is 5.26 Å². The summed E-state index contributed by atoms with van der Waals surface area (Å²) in [7, 11) is 0. The molecule has 1 aliphatic rings. The number of nitrogens with zero attached hydrogens (tertiary/aromatic N) is 1. The average molecular weight is 293 g/mol. The van der Waals surface area contributed by atoms with E-state index in [4.69, 9.17) is 22.0 Å². The third-order valence-electron chi connectivity index (χ3n) is 3.80. The minimum absolute atomic E-state index is 0.0599. The summed E-state index contributed by atoms with van der Waals surface area (Å²) >= 11 is 5.98. The van der Waals surface area contributed by atoms with E-state index in [-0.39, 0.29) is 6.42 Å². The molecular formula is C15H17ClN2O2. The largest absolute Gasteiger partial charge is 0.481 e. The van der Waals surface area contributed by atoms with Gasteiger partial charge in [-0.25, -0.2) is 0 Å².